The van der Waals surface area contributed by atoms with E-state index in [-0.39, 0.29) is 5.92 Å². The van der Waals surface area contributed by atoms with Crippen LogP contribution in [0.2, 0.25) is 0 Å². The van der Waals surface area contributed by atoms with Crippen molar-refractivity contribution in [3.05, 3.63) is 29.8 Å². The number of hydrogen-bond donors (Lipinski definition) is 2. The Morgan fingerprint density at radius 3 is 2.67 bits per heavy atom. The van der Waals surface area contributed by atoms with E-state index < -0.39 is 17.8 Å². The number of benzene rings is 1. The van der Waals surface area contributed by atoms with Crippen LogP contribution in [0, 0.1) is 11.8 Å². The Morgan fingerprint density at radius 1 is 1.30 bits per heavy atom. The summed E-state index contributed by atoms with van der Waals surface area (Å²) in [5.74, 6) is 1.89. The van der Waals surface area contributed by atoms with Gasteiger partial charge in [-0.15, -0.1) is 11.8 Å². The second-order valence-corrected chi connectivity index (χ2v) is 9.79. The Hall–Kier alpha value is -1.20. The van der Waals surface area contributed by atoms with Gasteiger partial charge in [-0.05, 0) is 57.2 Å². The summed E-state index contributed by atoms with van der Waals surface area (Å²) in [6, 6.07) is 8.17. The van der Waals surface area contributed by atoms with Crippen molar-refractivity contribution < 1.29 is 14.6 Å². The molecule has 2 rings (SSSR count). The van der Waals surface area contributed by atoms with Gasteiger partial charge in [0, 0.05) is 23.1 Å². The zero-order chi connectivity index (χ0) is 19.9. The molecule has 0 bridgehead atoms. The van der Waals surface area contributed by atoms with Gasteiger partial charge in [0.05, 0.1) is 6.10 Å². The number of ether oxygens (including phenoxy) is 1. The van der Waals surface area contributed by atoms with Crippen molar-refractivity contribution in [2.75, 3.05) is 12.3 Å². The smallest absolute Gasteiger partial charge is 0.407 e. The summed E-state index contributed by atoms with van der Waals surface area (Å²) in [6.07, 6.45) is 5.76. The molecule has 152 valence electrons. The molecule has 27 heavy (non-hydrogen) atoms. The normalized spacial score (nSPS) is 18.0. The fourth-order valence-corrected chi connectivity index (χ4v) is 4.51. The number of thioether (sulfide) groups is 1. The van der Waals surface area contributed by atoms with Crippen molar-refractivity contribution in [1.82, 2.24) is 5.32 Å². The number of rotatable bonds is 7. The Bertz CT molecular complexity index is 593. The van der Waals surface area contributed by atoms with Crippen LogP contribution in [0.15, 0.2) is 29.2 Å². The predicted molar refractivity (Wildman–Crippen MR) is 112 cm³/mol. The van der Waals surface area contributed by atoms with Gasteiger partial charge >= 0.3 is 6.09 Å². The third-order valence-electron chi connectivity index (χ3n) is 4.92. The first-order valence-electron chi connectivity index (χ1n) is 10.1. The minimum Gasteiger partial charge on any atom is -0.444 e. The number of aliphatic hydroxyl groups is 1. The van der Waals surface area contributed by atoms with E-state index in [4.69, 9.17) is 4.74 Å². The van der Waals surface area contributed by atoms with Crippen LogP contribution in [0.4, 0.5) is 4.79 Å². The van der Waals surface area contributed by atoms with Crippen molar-refractivity contribution in [2.45, 2.75) is 76.4 Å². The third-order valence-corrected chi connectivity index (χ3v) is 6.14. The van der Waals surface area contributed by atoms with Crippen molar-refractivity contribution in [1.29, 1.82) is 0 Å². The molecule has 1 aliphatic carbocycles. The maximum atomic E-state index is 11.8. The molecule has 1 fully saturated rings. The summed E-state index contributed by atoms with van der Waals surface area (Å²) in [5, 5.41) is 13.4. The Morgan fingerprint density at radius 2 is 2.00 bits per heavy atom. The highest BCUT2D eigenvalue weighted by Crippen LogP contribution is 2.31. The second kappa shape index (κ2) is 10.4. The molecule has 0 aliphatic heterocycles. The molecule has 1 saturated carbocycles. The quantitative estimate of drug-likeness (QED) is 0.596. The molecule has 4 nitrogen and oxygen atoms in total. The zero-order valence-corrected chi connectivity index (χ0v) is 18.0. The second-order valence-electron chi connectivity index (χ2n) is 8.69. The average molecular weight is 394 g/mol. The number of aliphatic hydroxyl groups excluding tert-OH is 1. The lowest BCUT2D eigenvalue weighted by molar-refractivity contribution is 0.0492. The molecule has 2 N–H and O–H groups in total. The summed E-state index contributed by atoms with van der Waals surface area (Å²) in [5.41, 5.74) is 0.387. The number of carbonyl (C=O) groups excluding carboxylic acids is 1. The summed E-state index contributed by atoms with van der Waals surface area (Å²) >= 11 is 1.89. The molecular weight excluding hydrogens is 358 g/mol. The summed E-state index contributed by atoms with van der Waals surface area (Å²) < 4.78 is 5.25. The van der Waals surface area contributed by atoms with Crippen molar-refractivity contribution >= 4 is 17.9 Å². The van der Waals surface area contributed by atoms with Gasteiger partial charge in [-0.25, -0.2) is 4.79 Å². The predicted octanol–water partition coefficient (Wildman–Crippen LogP) is 5.55. The Balaban J connectivity index is 1.83. The third kappa shape index (κ3) is 8.14. The highest BCUT2D eigenvalue weighted by Gasteiger charge is 2.21. The molecule has 0 heterocycles. The van der Waals surface area contributed by atoms with Gasteiger partial charge in [-0.2, -0.15) is 0 Å². The summed E-state index contributed by atoms with van der Waals surface area (Å²) in [4.78, 5) is 13.0. The average Bonchev–Trinajstić information content (AvgIpc) is 2.63. The molecule has 1 amide bonds. The Kier molecular flexibility index (Phi) is 8.49. The molecule has 1 aliphatic rings. The first-order chi connectivity index (χ1) is 12.7. The van der Waals surface area contributed by atoms with E-state index in [1.165, 1.54) is 37.0 Å². The van der Waals surface area contributed by atoms with Crippen LogP contribution in [0.5, 0.6) is 0 Å². The number of nitrogens with one attached hydrogen (secondary N) is 1. The summed E-state index contributed by atoms with van der Waals surface area (Å²) in [6.45, 7) is 7.81. The van der Waals surface area contributed by atoms with Gasteiger partial charge in [0.25, 0.3) is 0 Å². The maximum absolute atomic E-state index is 11.8. The van der Waals surface area contributed by atoms with E-state index >= 15 is 0 Å². The topological polar surface area (TPSA) is 58.6 Å². The molecule has 2 unspecified atom stereocenters. The lowest BCUT2D eigenvalue weighted by atomic mass is 9.91. The first kappa shape index (κ1) is 22.1. The van der Waals surface area contributed by atoms with Gasteiger partial charge in [-0.1, -0.05) is 38.3 Å². The number of carbonyl (C=O) groups is 1. The van der Waals surface area contributed by atoms with Crippen LogP contribution in [0.1, 0.15) is 71.5 Å². The minimum atomic E-state index is -0.616. The minimum absolute atomic E-state index is 0.101. The van der Waals surface area contributed by atoms with Gasteiger partial charge < -0.3 is 15.2 Å². The highest BCUT2D eigenvalue weighted by molar-refractivity contribution is 7.99. The molecule has 1 aromatic carbocycles. The van der Waals surface area contributed by atoms with E-state index in [1.54, 1.807) is 0 Å². The van der Waals surface area contributed by atoms with Crippen LogP contribution in [0.3, 0.4) is 0 Å². The van der Waals surface area contributed by atoms with Crippen molar-refractivity contribution in [3.8, 4) is 0 Å². The molecule has 0 aromatic heterocycles. The lowest BCUT2D eigenvalue weighted by Gasteiger charge is -2.23. The molecule has 5 heteroatoms. The van der Waals surface area contributed by atoms with Crippen LogP contribution in [-0.4, -0.2) is 29.1 Å². The molecule has 0 spiro atoms. The van der Waals surface area contributed by atoms with Crippen LogP contribution in [-0.2, 0) is 4.74 Å². The van der Waals surface area contributed by atoms with E-state index in [0.717, 1.165) is 17.2 Å². The monoisotopic (exact) mass is 393 g/mol. The molecule has 1 aromatic rings. The Labute approximate surface area is 168 Å². The molecule has 0 saturated heterocycles. The van der Waals surface area contributed by atoms with Crippen LogP contribution in [0.25, 0.3) is 0 Å². The first-order valence-corrected chi connectivity index (χ1v) is 11.1. The van der Waals surface area contributed by atoms with Crippen molar-refractivity contribution in [2.24, 2.45) is 11.8 Å². The number of alkyl carbamates (subject to hydrolysis) is 1. The highest BCUT2D eigenvalue weighted by atomic mass is 32.2. The van der Waals surface area contributed by atoms with E-state index in [9.17, 15) is 9.90 Å². The van der Waals surface area contributed by atoms with Gasteiger partial charge in [0.15, 0.2) is 0 Å². The van der Waals surface area contributed by atoms with E-state index in [2.05, 4.69) is 17.4 Å². The van der Waals surface area contributed by atoms with Crippen LogP contribution >= 0.6 is 11.8 Å². The molecule has 2 atom stereocenters. The standard InChI is InChI=1S/C22H35NO3S/c1-16(14-23-21(25)26-22(2,3)4)20(24)18-11-8-12-19(13-18)27-15-17-9-6-5-7-10-17/h8,11-13,16-17,20,24H,5-7,9-10,14-15H2,1-4H3,(H,23,25). The molecular formula is C22H35NO3S. The largest absolute Gasteiger partial charge is 0.444 e. The number of hydrogen-bond acceptors (Lipinski definition) is 4. The SMILES string of the molecule is CC(CNC(=O)OC(C)(C)C)C(O)c1cccc(SCC2CCCCC2)c1. The summed E-state index contributed by atoms with van der Waals surface area (Å²) in [7, 11) is 0. The van der Waals surface area contributed by atoms with E-state index in [1.807, 2.05) is 51.6 Å². The zero-order valence-electron chi connectivity index (χ0n) is 17.2. The van der Waals surface area contributed by atoms with Crippen LogP contribution < -0.4 is 5.32 Å². The van der Waals surface area contributed by atoms with Gasteiger partial charge in [0.1, 0.15) is 5.60 Å². The fourth-order valence-electron chi connectivity index (χ4n) is 3.35. The van der Waals surface area contributed by atoms with Gasteiger partial charge in [0.2, 0.25) is 0 Å². The number of amides is 1. The fraction of sp³-hybridized carbons (Fsp3) is 0.682. The van der Waals surface area contributed by atoms with Crippen molar-refractivity contribution in [3.63, 3.8) is 0 Å². The molecule has 0 radical (unpaired) electrons. The van der Waals surface area contributed by atoms with E-state index in [0.29, 0.717) is 6.54 Å². The lowest BCUT2D eigenvalue weighted by Crippen LogP contribution is -2.36. The van der Waals surface area contributed by atoms with Gasteiger partial charge in [-0.3, -0.25) is 0 Å². The maximum Gasteiger partial charge on any atom is 0.407 e.